The first-order valence-corrected chi connectivity index (χ1v) is 8.60. The largest absolute Gasteiger partial charge is 0.437 e. The molecule has 3 heterocycles. The first kappa shape index (κ1) is 15.5. The van der Waals surface area contributed by atoms with Gasteiger partial charge in [0.1, 0.15) is 0 Å². The highest BCUT2D eigenvalue weighted by Gasteiger charge is 2.34. The number of carbonyl (C=O) groups excluding carboxylic acids is 2. The Morgan fingerprint density at radius 2 is 1.68 bits per heavy atom. The molecule has 1 aliphatic rings. The monoisotopic (exact) mass is 355 g/mol. The van der Waals surface area contributed by atoms with Crippen LogP contribution in [-0.4, -0.2) is 33.0 Å². The molecule has 2 aromatic heterocycles. The predicted octanol–water partition coefficient (Wildman–Crippen LogP) is 2.25. The van der Waals surface area contributed by atoms with Crippen LogP contribution in [0.15, 0.2) is 51.0 Å². The van der Waals surface area contributed by atoms with Crippen LogP contribution < -0.4 is 5.76 Å². The summed E-state index contributed by atoms with van der Waals surface area (Å²) in [5, 5.41) is 6.03. The van der Waals surface area contributed by atoms with Crippen molar-refractivity contribution in [2.24, 2.45) is 0 Å². The van der Waals surface area contributed by atoms with E-state index < -0.39 is 5.76 Å². The Kier molecular flexibility index (Phi) is 3.81. The number of nitrogens with zero attached hydrogens (tertiary/aromatic N) is 3. The standard InChI is InChI=1S/C17H13N3O4S/c21-15-11-5-1-2-6-12(11)16(22)19(15)8-4-9-20-17(23)24-14(18-20)13-7-3-10-25-13/h1-3,5-7,10H,4,8-9H2. The summed E-state index contributed by atoms with van der Waals surface area (Å²) in [7, 11) is 0. The van der Waals surface area contributed by atoms with Crippen LogP contribution in [0.25, 0.3) is 10.8 Å². The van der Waals surface area contributed by atoms with Gasteiger partial charge in [0.05, 0.1) is 16.0 Å². The Labute approximate surface area is 146 Å². The van der Waals surface area contributed by atoms with Gasteiger partial charge >= 0.3 is 5.76 Å². The third-order valence-corrected chi connectivity index (χ3v) is 4.83. The molecule has 7 nitrogen and oxygen atoms in total. The van der Waals surface area contributed by atoms with Crippen molar-refractivity contribution in [3.8, 4) is 10.8 Å². The SMILES string of the molecule is O=C1c2ccccc2C(=O)N1CCCn1nc(-c2cccs2)oc1=O. The molecule has 4 rings (SSSR count). The van der Waals surface area contributed by atoms with E-state index in [1.54, 1.807) is 24.3 Å². The highest BCUT2D eigenvalue weighted by Crippen LogP contribution is 2.23. The zero-order chi connectivity index (χ0) is 17.4. The third-order valence-electron chi connectivity index (χ3n) is 3.97. The number of aryl methyl sites for hydroxylation is 1. The molecule has 1 aromatic carbocycles. The van der Waals surface area contributed by atoms with Crippen LogP contribution in [0.3, 0.4) is 0 Å². The summed E-state index contributed by atoms with van der Waals surface area (Å²) in [5.41, 5.74) is 0.845. The molecule has 0 aliphatic carbocycles. The van der Waals surface area contributed by atoms with Crippen LogP contribution in [0, 0.1) is 0 Å². The lowest BCUT2D eigenvalue weighted by Gasteiger charge is -2.12. The number of hydrogen-bond donors (Lipinski definition) is 0. The highest BCUT2D eigenvalue weighted by atomic mass is 32.1. The average Bonchev–Trinajstić information content (AvgIpc) is 3.32. The van der Waals surface area contributed by atoms with Crippen molar-refractivity contribution in [3.63, 3.8) is 0 Å². The molecule has 25 heavy (non-hydrogen) atoms. The van der Waals surface area contributed by atoms with Crippen molar-refractivity contribution < 1.29 is 14.0 Å². The quantitative estimate of drug-likeness (QED) is 0.655. The van der Waals surface area contributed by atoms with Gasteiger partial charge in [0.2, 0.25) is 0 Å². The molecule has 0 atom stereocenters. The Hall–Kier alpha value is -3.00. The van der Waals surface area contributed by atoms with E-state index in [4.69, 9.17) is 4.42 Å². The number of fused-ring (bicyclic) bond motifs is 1. The summed E-state index contributed by atoms with van der Waals surface area (Å²) in [6, 6.07) is 10.4. The molecule has 0 fully saturated rings. The Balaban J connectivity index is 1.43. The van der Waals surface area contributed by atoms with Crippen LogP contribution in [-0.2, 0) is 6.54 Å². The molecule has 8 heteroatoms. The van der Waals surface area contributed by atoms with Gasteiger partial charge in [0, 0.05) is 13.1 Å². The summed E-state index contributed by atoms with van der Waals surface area (Å²) in [6.45, 7) is 0.487. The summed E-state index contributed by atoms with van der Waals surface area (Å²) < 4.78 is 6.35. The van der Waals surface area contributed by atoms with E-state index in [9.17, 15) is 14.4 Å². The van der Waals surface area contributed by atoms with E-state index in [0.717, 1.165) is 4.88 Å². The van der Waals surface area contributed by atoms with Gasteiger partial charge in [0.25, 0.3) is 17.7 Å². The van der Waals surface area contributed by atoms with Gasteiger partial charge in [-0.2, -0.15) is 4.68 Å². The van der Waals surface area contributed by atoms with Crippen LogP contribution in [0.1, 0.15) is 27.1 Å². The number of thiophene rings is 1. The second-order valence-electron chi connectivity index (χ2n) is 5.53. The molecule has 126 valence electrons. The van der Waals surface area contributed by atoms with E-state index in [2.05, 4.69) is 5.10 Å². The van der Waals surface area contributed by atoms with E-state index in [-0.39, 0.29) is 30.8 Å². The molecule has 0 bridgehead atoms. The minimum absolute atomic E-state index is 0.222. The maximum absolute atomic E-state index is 12.3. The predicted molar refractivity (Wildman–Crippen MR) is 90.5 cm³/mol. The van der Waals surface area contributed by atoms with Crippen LogP contribution in [0.5, 0.6) is 0 Å². The maximum Gasteiger partial charge on any atom is 0.437 e. The average molecular weight is 355 g/mol. The van der Waals surface area contributed by atoms with E-state index >= 15 is 0 Å². The molecule has 0 saturated carbocycles. The maximum atomic E-state index is 12.3. The highest BCUT2D eigenvalue weighted by molar-refractivity contribution is 7.13. The molecule has 0 saturated heterocycles. The Bertz CT molecular complexity index is 968. The van der Waals surface area contributed by atoms with Gasteiger partial charge in [-0.05, 0) is 30.0 Å². The number of aromatic nitrogens is 2. The molecular formula is C17H13N3O4S. The second kappa shape index (κ2) is 6.14. The van der Waals surface area contributed by atoms with Crippen molar-refractivity contribution in [2.75, 3.05) is 6.54 Å². The van der Waals surface area contributed by atoms with Crippen molar-refractivity contribution >= 4 is 23.2 Å². The molecule has 3 aromatic rings. The molecule has 0 radical (unpaired) electrons. The van der Waals surface area contributed by atoms with E-state index in [1.165, 1.54) is 20.9 Å². The van der Waals surface area contributed by atoms with Gasteiger partial charge in [0.15, 0.2) is 0 Å². The number of rotatable bonds is 5. The van der Waals surface area contributed by atoms with Gasteiger partial charge in [-0.1, -0.05) is 18.2 Å². The molecular weight excluding hydrogens is 342 g/mol. The minimum Gasteiger partial charge on any atom is -0.387 e. The van der Waals surface area contributed by atoms with Gasteiger partial charge in [-0.3, -0.25) is 14.5 Å². The Morgan fingerprint density at radius 3 is 2.32 bits per heavy atom. The topological polar surface area (TPSA) is 85.4 Å². The first-order valence-electron chi connectivity index (χ1n) is 7.72. The molecule has 0 spiro atoms. The zero-order valence-corrected chi connectivity index (χ0v) is 13.9. The molecule has 2 amide bonds. The fourth-order valence-corrected chi connectivity index (χ4v) is 3.41. The lowest BCUT2D eigenvalue weighted by atomic mass is 10.1. The first-order chi connectivity index (χ1) is 12.1. The fraction of sp³-hybridized carbons (Fsp3) is 0.176. The summed E-state index contributed by atoms with van der Waals surface area (Å²) in [6.07, 6.45) is 0.418. The number of benzene rings is 1. The van der Waals surface area contributed by atoms with Crippen molar-refractivity contribution in [2.45, 2.75) is 13.0 Å². The van der Waals surface area contributed by atoms with Crippen LogP contribution in [0.4, 0.5) is 0 Å². The zero-order valence-electron chi connectivity index (χ0n) is 13.0. The minimum atomic E-state index is -0.550. The van der Waals surface area contributed by atoms with Crippen LogP contribution in [0.2, 0.25) is 0 Å². The number of hydrogen-bond acceptors (Lipinski definition) is 6. The number of amides is 2. The fourth-order valence-electron chi connectivity index (χ4n) is 2.77. The van der Waals surface area contributed by atoms with Gasteiger partial charge < -0.3 is 4.42 Å². The summed E-state index contributed by atoms with van der Waals surface area (Å²) in [5.74, 6) is -0.869. The smallest absolute Gasteiger partial charge is 0.387 e. The van der Waals surface area contributed by atoms with Crippen molar-refractivity contribution in [1.29, 1.82) is 0 Å². The number of carbonyl (C=O) groups is 2. The molecule has 0 unspecified atom stereocenters. The second-order valence-corrected chi connectivity index (χ2v) is 6.48. The van der Waals surface area contributed by atoms with Gasteiger partial charge in [-0.25, -0.2) is 4.79 Å². The lowest BCUT2D eigenvalue weighted by molar-refractivity contribution is 0.0650. The van der Waals surface area contributed by atoms with Crippen LogP contribution >= 0.6 is 11.3 Å². The summed E-state index contributed by atoms with van der Waals surface area (Å²) >= 11 is 1.43. The number of imide groups is 1. The van der Waals surface area contributed by atoms with Crippen molar-refractivity contribution in [1.82, 2.24) is 14.7 Å². The van der Waals surface area contributed by atoms with E-state index in [0.29, 0.717) is 17.5 Å². The Morgan fingerprint density at radius 1 is 0.960 bits per heavy atom. The van der Waals surface area contributed by atoms with Crippen molar-refractivity contribution in [3.05, 3.63) is 63.5 Å². The molecule has 0 N–H and O–H groups in total. The summed E-state index contributed by atoms with van der Waals surface area (Å²) in [4.78, 5) is 38.4. The molecule has 1 aliphatic heterocycles. The van der Waals surface area contributed by atoms with Gasteiger partial charge in [-0.15, -0.1) is 16.4 Å². The van der Waals surface area contributed by atoms with E-state index in [1.807, 2.05) is 17.5 Å². The normalized spacial score (nSPS) is 13.5. The third kappa shape index (κ3) is 2.70. The lowest BCUT2D eigenvalue weighted by Crippen LogP contribution is -2.32.